The number of sulfonamides is 1. The van der Waals surface area contributed by atoms with Crippen LogP contribution >= 0.6 is 0 Å². The molecule has 0 radical (unpaired) electrons. The van der Waals surface area contributed by atoms with E-state index in [1.807, 2.05) is 30.3 Å². The largest absolute Gasteiger partial charge is 0.349 e. The van der Waals surface area contributed by atoms with Gasteiger partial charge in [-0.2, -0.15) is 0 Å². The summed E-state index contributed by atoms with van der Waals surface area (Å²) in [6, 6.07) is 22.8. The van der Waals surface area contributed by atoms with Crippen molar-refractivity contribution < 1.29 is 13.2 Å². The average Bonchev–Trinajstić information content (AvgIpc) is 2.85. The van der Waals surface area contributed by atoms with Crippen LogP contribution in [0.2, 0.25) is 0 Å². The van der Waals surface area contributed by atoms with Crippen molar-refractivity contribution in [2.45, 2.75) is 50.7 Å². The van der Waals surface area contributed by atoms with Gasteiger partial charge in [-0.25, -0.2) is 13.1 Å². The molecule has 0 spiro atoms. The number of benzene rings is 3. The quantitative estimate of drug-likeness (QED) is 0.496. The lowest BCUT2D eigenvalue weighted by molar-refractivity contribution is 0.0908. The average molecular weight is 492 g/mol. The van der Waals surface area contributed by atoms with E-state index in [9.17, 15) is 13.2 Å². The van der Waals surface area contributed by atoms with Crippen molar-refractivity contribution >= 4 is 15.9 Å². The third kappa shape index (κ3) is 6.78. The molecule has 7 heteroatoms. The molecule has 0 unspecified atom stereocenters. The molecular weight excluding hydrogens is 458 g/mol. The highest BCUT2D eigenvalue weighted by atomic mass is 32.2. The first-order chi connectivity index (χ1) is 16.8. The Morgan fingerprint density at radius 3 is 2.34 bits per heavy atom. The highest BCUT2D eigenvalue weighted by Gasteiger charge is 2.23. The zero-order valence-electron chi connectivity index (χ0n) is 20.3. The molecule has 1 fully saturated rings. The first-order valence-corrected chi connectivity index (χ1v) is 13.5. The second-order valence-electron chi connectivity index (χ2n) is 9.30. The van der Waals surface area contributed by atoms with E-state index in [1.165, 1.54) is 17.2 Å². The molecule has 2 N–H and O–H groups in total. The van der Waals surface area contributed by atoms with E-state index in [4.69, 9.17) is 0 Å². The standard InChI is InChI=1S/C28H33N3O3S/c1-21-7-6-10-24(17-21)20-31-15-13-26(14-16-31)30-28(32)25-12-11-22(2)27(18-25)35(33,34)29-19-23-8-4-3-5-9-23/h3-12,17-18,26,29H,13-16,19-20H2,1-2H3,(H,30,32). The molecule has 0 atom stereocenters. The topological polar surface area (TPSA) is 78.5 Å². The zero-order valence-corrected chi connectivity index (χ0v) is 21.1. The Balaban J connectivity index is 1.35. The molecule has 35 heavy (non-hydrogen) atoms. The van der Waals surface area contributed by atoms with E-state index >= 15 is 0 Å². The maximum absolute atomic E-state index is 13.0. The van der Waals surface area contributed by atoms with E-state index in [0.717, 1.165) is 38.0 Å². The molecular formula is C28H33N3O3S. The molecule has 184 valence electrons. The van der Waals surface area contributed by atoms with Crippen LogP contribution in [0.1, 0.15) is 45.5 Å². The Hall–Kier alpha value is -3.00. The molecule has 6 nitrogen and oxygen atoms in total. The van der Waals surface area contributed by atoms with Gasteiger partial charge in [0.1, 0.15) is 0 Å². The van der Waals surface area contributed by atoms with Gasteiger partial charge in [-0.1, -0.05) is 66.2 Å². The van der Waals surface area contributed by atoms with Gasteiger partial charge in [0.15, 0.2) is 0 Å². The van der Waals surface area contributed by atoms with Gasteiger partial charge in [0.25, 0.3) is 5.91 Å². The van der Waals surface area contributed by atoms with E-state index in [-0.39, 0.29) is 23.4 Å². The Kier molecular flexibility index (Phi) is 8.00. The number of nitrogens with zero attached hydrogens (tertiary/aromatic N) is 1. The fourth-order valence-electron chi connectivity index (χ4n) is 4.46. The highest BCUT2D eigenvalue weighted by molar-refractivity contribution is 7.89. The lowest BCUT2D eigenvalue weighted by atomic mass is 10.0. The second-order valence-corrected chi connectivity index (χ2v) is 11.0. The maximum atomic E-state index is 13.0. The number of aryl methyl sites for hydroxylation is 2. The van der Waals surface area contributed by atoms with E-state index < -0.39 is 10.0 Å². The predicted octanol–water partition coefficient (Wildman–Crippen LogP) is 4.18. The van der Waals surface area contributed by atoms with Gasteiger partial charge in [0.05, 0.1) is 4.90 Å². The minimum Gasteiger partial charge on any atom is -0.349 e. The minimum atomic E-state index is -3.76. The molecule has 0 aliphatic carbocycles. The van der Waals surface area contributed by atoms with Crippen molar-refractivity contribution in [3.63, 3.8) is 0 Å². The second kappa shape index (κ2) is 11.2. The molecule has 0 bridgehead atoms. The number of carbonyl (C=O) groups excluding carboxylic acids is 1. The first kappa shape index (κ1) is 25.1. The zero-order chi connectivity index (χ0) is 24.8. The number of rotatable bonds is 8. The molecule has 1 saturated heterocycles. The number of amides is 1. The molecule has 1 aliphatic rings. The van der Waals surface area contributed by atoms with Crippen LogP contribution in [0.4, 0.5) is 0 Å². The number of hydrogen-bond donors (Lipinski definition) is 2. The molecule has 1 aliphatic heterocycles. The van der Waals surface area contributed by atoms with Crippen molar-refractivity contribution in [2.75, 3.05) is 13.1 Å². The minimum absolute atomic E-state index is 0.0776. The lowest BCUT2D eigenvalue weighted by Crippen LogP contribution is -2.44. The molecule has 0 saturated carbocycles. The third-order valence-corrected chi connectivity index (χ3v) is 8.00. The smallest absolute Gasteiger partial charge is 0.251 e. The van der Waals surface area contributed by atoms with Crippen LogP contribution < -0.4 is 10.0 Å². The van der Waals surface area contributed by atoms with Crippen LogP contribution in [0.25, 0.3) is 0 Å². The summed E-state index contributed by atoms with van der Waals surface area (Å²) in [4.78, 5) is 15.5. The first-order valence-electron chi connectivity index (χ1n) is 12.0. The van der Waals surface area contributed by atoms with Crippen molar-refractivity contribution in [3.8, 4) is 0 Å². The number of nitrogens with one attached hydrogen (secondary N) is 2. The lowest BCUT2D eigenvalue weighted by Gasteiger charge is -2.32. The van der Waals surface area contributed by atoms with Crippen LogP contribution in [-0.2, 0) is 23.1 Å². The predicted molar refractivity (Wildman–Crippen MR) is 139 cm³/mol. The third-order valence-electron chi connectivity index (χ3n) is 6.46. The van der Waals surface area contributed by atoms with Crippen LogP contribution in [-0.4, -0.2) is 38.4 Å². The van der Waals surface area contributed by atoms with Crippen LogP contribution in [0, 0.1) is 13.8 Å². The van der Waals surface area contributed by atoms with Crippen LogP contribution in [0.5, 0.6) is 0 Å². The Labute approximate surface area is 208 Å². The molecule has 3 aromatic rings. The molecule has 3 aromatic carbocycles. The Morgan fingerprint density at radius 1 is 0.914 bits per heavy atom. The molecule has 4 rings (SSSR count). The summed E-state index contributed by atoms with van der Waals surface area (Å²) in [5.74, 6) is -0.235. The van der Waals surface area contributed by atoms with E-state index in [1.54, 1.807) is 19.1 Å². The summed E-state index contributed by atoms with van der Waals surface area (Å²) in [6.07, 6.45) is 1.74. The normalized spacial score (nSPS) is 15.1. The van der Waals surface area contributed by atoms with Crippen LogP contribution in [0.3, 0.4) is 0 Å². The monoisotopic (exact) mass is 491 g/mol. The summed E-state index contributed by atoms with van der Waals surface area (Å²) < 4.78 is 28.5. The summed E-state index contributed by atoms with van der Waals surface area (Å²) >= 11 is 0. The molecule has 0 aromatic heterocycles. The van der Waals surface area contributed by atoms with Gasteiger partial charge < -0.3 is 5.32 Å². The molecule has 1 heterocycles. The van der Waals surface area contributed by atoms with E-state index in [0.29, 0.717) is 11.1 Å². The van der Waals surface area contributed by atoms with Crippen molar-refractivity contribution in [3.05, 3.63) is 101 Å². The van der Waals surface area contributed by atoms with Gasteiger partial charge in [-0.3, -0.25) is 9.69 Å². The fraction of sp³-hybridized carbons (Fsp3) is 0.321. The molecule has 1 amide bonds. The summed E-state index contributed by atoms with van der Waals surface area (Å²) in [5.41, 5.74) is 4.40. The Bertz CT molecular complexity index is 1270. The highest BCUT2D eigenvalue weighted by Crippen LogP contribution is 2.19. The van der Waals surface area contributed by atoms with Crippen molar-refractivity contribution in [1.82, 2.24) is 14.9 Å². The van der Waals surface area contributed by atoms with Crippen LogP contribution in [0.15, 0.2) is 77.7 Å². The fourth-order valence-corrected chi connectivity index (χ4v) is 5.74. The Morgan fingerprint density at radius 2 is 1.63 bits per heavy atom. The summed E-state index contributed by atoms with van der Waals surface area (Å²) in [6.45, 7) is 6.78. The summed E-state index contributed by atoms with van der Waals surface area (Å²) in [7, 11) is -3.76. The van der Waals surface area contributed by atoms with Gasteiger partial charge in [-0.05, 0) is 55.5 Å². The van der Waals surface area contributed by atoms with Gasteiger partial charge in [0, 0.05) is 37.8 Å². The maximum Gasteiger partial charge on any atom is 0.251 e. The van der Waals surface area contributed by atoms with E-state index in [2.05, 4.69) is 46.1 Å². The number of carbonyl (C=O) groups is 1. The number of likely N-dealkylation sites (tertiary alicyclic amines) is 1. The summed E-state index contributed by atoms with van der Waals surface area (Å²) in [5, 5.41) is 3.10. The van der Waals surface area contributed by atoms with Crippen molar-refractivity contribution in [1.29, 1.82) is 0 Å². The van der Waals surface area contributed by atoms with Gasteiger partial charge in [-0.15, -0.1) is 0 Å². The SMILES string of the molecule is Cc1cccc(CN2CCC(NC(=O)c3ccc(C)c(S(=O)(=O)NCc4ccccc4)c3)CC2)c1. The van der Waals surface area contributed by atoms with Gasteiger partial charge in [0.2, 0.25) is 10.0 Å². The van der Waals surface area contributed by atoms with Gasteiger partial charge >= 0.3 is 0 Å². The number of hydrogen-bond acceptors (Lipinski definition) is 4. The van der Waals surface area contributed by atoms with Crippen molar-refractivity contribution in [2.24, 2.45) is 0 Å². The number of piperidine rings is 1.